The highest BCUT2D eigenvalue weighted by atomic mass is 79.9. The van der Waals surface area contributed by atoms with Crippen molar-refractivity contribution in [3.8, 4) is 5.75 Å². The minimum Gasteiger partial charge on any atom is -0.336 e. The molecular formula is C7H4Br2O2. The molecule has 2 rings (SSSR count). The van der Waals surface area contributed by atoms with Crippen LogP contribution in [0.2, 0.25) is 0 Å². The van der Waals surface area contributed by atoms with Crippen molar-refractivity contribution in [3.63, 3.8) is 0 Å². The second kappa shape index (κ2) is 2.77. The zero-order valence-electron chi connectivity index (χ0n) is 5.38. The lowest BCUT2D eigenvalue weighted by Crippen LogP contribution is -1.85. The monoisotopic (exact) mass is 278 g/mol. The van der Waals surface area contributed by atoms with Gasteiger partial charge in [-0.25, -0.2) is 0 Å². The molecule has 0 fully saturated rings. The Balaban J connectivity index is 2.58. The normalized spacial score (nSPS) is 21.1. The highest BCUT2D eigenvalue weighted by Gasteiger charge is 2.25. The lowest BCUT2D eigenvalue weighted by molar-refractivity contribution is -0.195. The van der Waals surface area contributed by atoms with E-state index in [0.717, 1.165) is 15.8 Å². The van der Waals surface area contributed by atoms with Crippen LogP contribution in [0, 0.1) is 0 Å². The standard InChI is InChI=1S/C7H4Br2O2/c8-4-2-1-3-5-6(4)7(9)11-10-5/h1-3,7H. The van der Waals surface area contributed by atoms with E-state index in [1.54, 1.807) is 0 Å². The van der Waals surface area contributed by atoms with E-state index in [1.807, 2.05) is 18.2 Å². The molecule has 0 saturated heterocycles. The molecule has 0 spiro atoms. The van der Waals surface area contributed by atoms with Crippen LogP contribution in [0.5, 0.6) is 5.75 Å². The quantitative estimate of drug-likeness (QED) is 0.536. The fourth-order valence-electron chi connectivity index (χ4n) is 0.952. The number of halogens is 2. The zero-order chi connectivity index (χ0) is 7.84. The summed E-state index contributed by atoms with van der Waals surface area (Å²) in [5, 5.41) is -0.159. The molecule has 1 aromatic rings. The molecular weight excluding hydrogens is 276 g/mol. The number of hydrogen-bond donors (Lipinski definition) is 0. The first-order valence-corrected chi connectivity index (χ1v) is 4.76. The first-order chi connectivity index (χ1) is 5.29. The summed E-state index contributed by atoms with van der Waals surface area (Å²) in [4.78, 5) is 9.81. The lowest BCUT2D eigenvalue weighted by atomic mass is 10.2. The van der Waals surface area contributed by atoms with E-state index < -0.39 is 0 Å². The van der Waals surface area contributed by atoms with Gasteiger partial charge in [-0.15, -0.1) is 0 Å². The van der Waals surface area contributed by atoms with Crippen LogP contribution < -0.4 is 4.89 Å². The molecule has 1 aliphatic heterocycles. The maximum Gasteiger partial charge on any atom is 0.189 e. The maximum atomic E-state index is 4.91. The number of alkyl halides is 1. The van der Waals surface area contributed by atoms with Gasteiger partial charge in [0.25, 0.3) is 0 Å². The summed E-state index contributed by atoms with van der Waals surface area (Å²) in [6.07, 6.45) is 0. The van der Waals surface area contributed by atoms with Crippen molar-refractivity contribution < 1.29 is 9.78 Å². The van der Waals surface area contributed by atoms with Crippen LogP contribution in [0.25, 0.3) is 0 Å². The fraction of sp³-hybridized carbons (Fsp3) is 0.143. The van der Waals surface area contributed by atoms with Crippen LogP contribution >= 0.6 is 31.9 Å². The summed E-state index contributed by atoms with van der Waals surface area (Å²) in [7, 11) is 0. The summed E-state index contributed by atoms with van der Waals surface area (Å²) in [5.41, 5.74) is 1.01. The lowest BCUT2D eigenvalue weighted by Gasteiger charge is -1.97. The van der Waals surface area contributed by atoms with Gasteiger partial charge >= 0.3 is 0 Å². The topological polar surface area (TPSA) is 18.5 Å². The van der Waals surface area contributed by atoms with Crippen LogP contribution in [-0.2, 0) is 4.89 Å². The molecule has 0 N–H and O–H groups in total. The van der Waals surface area contributed by atoms with E-state index >= 15 is 0 Å². The first kappa shape index (κ1) is 7.58. The fourth-order valence-corrected chi connectivity index (χ4v) is 2.36. The van der Waals surface area contributed by atoms with Crippen LogP contribution in [0.15, 0.2) is 22.7 Å². The summed E-state index contributed by atoms with van der Waals surface area (Å²) in [5.74, 6) is 0.765. The smallest absolute Gasteiger partial charge is 0.189 e. The SMILES string of the molecule is Brc1cccc2c1C(Br)OO2. The molecule has 1 heterocycles. The van der Waals surface area contributed by atoms with Gasteiger partial charge in [0.15, 0.2) is 10.8 Å². The highest BCUT2D eigenvalue weighted by molar-refractivity contribution is 9.11. The van der Waals surface area contributed by atoms with Gasteiger partial charge in [-0.05, 0) is 28.1 Å². The Kier molecular flexibility index (Phi) is 1.91. The number of benzene rings is 1. The molecule has 2 nitrogen and oxygen atoms in total. The van der Waals surface area contributed by atoms with Crippen LogP contribution in [0.1, 0.15) is 10.6 Å². The van der Waals surface area contributed by atoms with E-state index in [-0.39, 0.29) is 5.01 Å². The average Bonchev–Trinajstić information content (AvgIpc) is 2.34. The Morgan fingerprint density at radius 3 is 2.91 bits per heavy atom. The van der Waals surface area contributed by atoms with Gasteiger partial charge < -0.3 is 4.89 Å². The molecule has 0 saturated carbocycles. The summed E-state index contributed by atoms with van der Waals surface area (Å²) in [6.45, 7) is 0. The van der Waals surface area contributed by atoms with E-state index in [2.05, 4.69) is 31.9 Å². The molecule has 0 radical (unpaired) electrons. The molecule has 0 bridgehead atoms. The number of hydrogen-bond acceptors (Lipinski definition) is 2. The molecule has 0 amide bonds. The van der Waals surface area contributed by atoms with E-state index in [0.29, 0.717) is 0 Å². The van der Waals surface area contributed by atoms with Crippen molar-refractivity contribution in [1.29, 1.82) is 0 Å². The Labute approximate surface area is 80.7 Å². The van der Waals surface area contributed by atoms with E-state index in [9.17, 15) is 0 Å². The van der Waals surface area contributed by atoms with Crippen molar-refractivity contribution in [2.45, 2.75) is 5.01 Å². The number of rotatable bonds is 0. The van der Waals surface area contributed by atoms with Gasteiger partial charge in [0.2, 0.25) is 0 Å². The molecule has 1 aliphatic rings. The van der Waals surface area contributed by atoms with Gasteiger partial charge in [0.1, 0.15) is 0 Å². The van der Waals surface area contributed by atoms with Crippen molar-refractivity contribution in [2.75, 3.05) is 0 Å². The molecule has 0 aliphatic carbocycles. The third kappa shape index (κ3) is 1.19. The summed E-state index contributed by atoms with van der Waals surface area (Å²) in [6, 6.07) is 5.71. The summed E-state index contributed by atoms with van der Waals surface area (Å²) < 4.78 is 0.995. The second-order valence-corrected chi connectivity index (χ2v) is 3.83. The van der Waals surface area contributed by atoms with Crippen molar-refractivity contribution in [2.24, 2.45) is 0 Å². The van der Waals surface area contributed by atoms with Gasteiger partial charge in [0, 0.05) is 4.47 Å². The van der Waals surface area contributed by atoms with Gasteiger partial charge in [-0.2, -0.15) is 4.89 Å². The minimum atomic E-state index is -0.159. The zero-order valence-corrected chi connectivity index (χ0v) is 8.55. The van der Waals surface area contributed by atoms with E-state index in [1.165, 1.54) is 0 Å². The van der Waals surface area contributed by atoms with Gasteiger partial charge in [-0.1, -0.05) is 22.0 Å². The number of fused-ring (bicyclic) bond motifs is 1. The molecule has 11 heavy (non-hydrogen) atoms. The Bertz CT molecular complexity index is 288. The van der Waals surface area contributed by atoms with Gasteiger partial charge in [-0.3, -0.25) is 0 Å². The van der Waals surface area contributed by atoms with Crippen LogP contribution in [-0.4, -0.2) is 0 Å². The van der Waals surface area contributed by atoms with Crippen LogP contribution in [0.3, 0.4) is 0 Å². The molecule has 58 valence electrons. The molecule has 1 atom stereocenters. The molecule has 1 aromatic carbocycles. The molecule has 4 heteroatoms. The maximum absolute atomic E-state index is 4.91. The first-order valence-electron chi connectivity index (χ1n) is 3.05. The van der Waals surface area contributed by atoms with Crippen LogP contribution in [0.4, 0.5) is 0 Å². The van der Waals surface area contributed by atoms with Gasteiger partial charge in [0.05, 0.1) is 5.56 Å². The van der Waals surface area contributed by atoms with Crippen molar-refractivity contribution >= 4 is 31.9 Å². The highest BCUT2D eigenvalue weighted by Crippen LogP contribution is 2.42. The largest absolute Gasteiger partial charge is 0.336 e. The molecule has 0 aromatic heterocycles. The predicted octanol–water partition coefficient (Wildman–Crippen LogP) is 3.17. The minimum absolute atomic E-state index is 0.159. The Hall–Kier alpha value is -0.0600. The third-order valence-electron chi connectivity index (χ3n) is 1.46. The Morgan fingerprint density at radius 2 is 2.18 bits per heavy atom. The Morgan fingerprint density at radius 1 is 1.36 bits per heavy atom. The third-order valence-corrected chi connectivity index (χ3v) is 2.76. The predicted molar refractivity (Wildman–Crippen MR) is 47.5 cm³/mol. The summed E-state index contributed by atoms with van der Waals surface area (Å²) >= 11 is 6.71. The molecule has 1 unspecified atom stereocenters. The second-order valence-electron chi connectivity index (χ2n) is 2.15. The average molecular weight is 280 g/mol. The van der Waals surface area contributed by atoms with Crippen molar-refractivity contribution in [1.82, 2.24) is 0 Å². The van der Waals surface area contributed by atoms with E-state index in [4.69, 9.17) is 9.78 Å². The van der Waals surface area contributed by atoms with Crippen molar-refractivity contribution in [3.05, 3.63) is 28.2 Å².